The van der Waals surface area contributed by atoms with Gasteiger partial charge >= 0.3 is 0 Å². The lowest BCUT2D eigenvalue weighted by Crippen LogP contribution is -2.32. The number of anilines is 2. The number of benzene rings is 3. The van der Waals surface area contributed by atoms with Crippen LogP contribution >= 0.6 is 0 Å². The standard InChI is InChI=1S/C28H28N2O4/c1-4-18-34-24-9-7-6-8-23(24)30-27(31)25(20-12-10-19(3)11-13-20)26(28(30)32)29-21-14-16-22(17-15-21)33-5-2/h6-17,29H,4-5,18H2,1-3H3. The summed E-state index contributed by atoms with van der Waals surface area (Å²) < 4.78 is 11.4. The van der Waals surface area contributed by atoms with E-state index in [0.717, 1.165) is 17.7 Å². The molecule has 34 heavy (non-hydrogen) atoms. The summed E-state index contributed by atoms with van der Waals surface area (Å²) in [5.41, 5.74) is 3.40. The van der Waals surface area contributed by atoms with Crippen LogP contribution in [0.3, 0.4) is 0 Å². The van der Waals surface area contributed by atoms with Gasteiger partial charge in [-0.05, 0) is 62.2 Å². The summed E-state index contributed by atoms with van der Waals surface area (Å²) in [5.74, 6) is 0.409. The molecule has 0 bridgehead atoms. The van der Waals surface area contributed by atoms with Crippen LogP contribution < -0.4 is 19.7 Å². The Balaban J connectivity index is 1.76. The second-order valence-electron chi connectivity index (χ2n) is 7.96. The van der Waals surface area contributed by atoms with Crippen molar-refractivity contribution in [2.75, 3.05) is 23.4 Å². The number of para-hydroxylation sites is 2. The molecule has 0 unspecified atom stereocenters. The maximum absolute atomic E-state index is 13.7. The lowest BCUT2D eigenvalue weighted by molar-refractivity contribution is -0.120. The molecular formula is C28H28N2O4. The summed E-state index contributed by atoms with van der Waals surface area (Å²) in [6.45, 7) is 6.96. The van der Waals surface area contributed by atoms with Crippen LogP contribution in [0.4, 0.5) is 11.4 Å². The number of hydrogen-bond donors (Lipinski definition) is 1. The summed E-state index contributed by atoms with van der Waals surface area (Å²) in [6, 6.07) is 22.0. The number of hydrogen-bond acceptors (Lipinski definition) is 5. The summed E-state index contributed by atoms with van der Waals surface area (Å²) in [5, 5.41) is 3.19. The summed E-state index contributed by atoms with van der Waals surface area (Å²) in [4.78, 5) is 28.6. The maximum Gasteiger partial charge on any atom is 0.282 e. The molecule has 6 nitrogen and oxygen atoms in total. The van der Waals surface area contributed by atoms with E-state index in [-0.39, 0.29) is 5.70 Å². The normalized spacial score (nSPS) is 13.4. The number of imide groups is 1. The number of aryl methyl sites for hydroxylation is 1. The van der Waals surface area contributed by atoms with E-state index >= 15 is 0 Å². The monoisotopic (exact) mass is 456 g/mol. The van der Waals surface area contributed by atoms with Crippen molar-refractivity contribution in [3.63, 3.8) is 0 Å². The van der Waals surface area contributed by atoms with Gasteiger partial charge in [0.1, 0.15) is 17.2 Å². The van der Waals surface area contributed by atoms with Gasteiger partial charge in [-0.2, -0.15) is 0 Å². The van der Waals surface area contributed by atoms with Gasteiger partial charge < -0.3 is 14.8 Å². The van der Waals surface area contributed by atoms with Crippen LogP contribution in [0.1, 0.15) is 31.4 Å². The van der Waals surface area contributed by atoms with Crippen LogP contribution in [0.25, 0.3) is 5.57 Å². The second kappa shape index (κ2) is 10.3. The zero-order valence-electron chi connectivity index (χ0n) is 19.6. The summed E-state index contributed by atoms with van der Waals surface area (Å²) in [6.07, 6.45) is 0.813. The van der Waals surface area contributed by atoms with Gasteiger partial charge in [0.2, 0.25) is 0 Å². The van der Waals surface area contributed by atoms with Crippen LogP contribution in [-0.4, -0.2) is 25.0 Å². The zero-order chi connectivity index (χ0) is 24.1. The summed E-state index contributed by atoms with van der Waals surface area (Å²) in [7, 11) is 0. The van der Waals surface area contributed by atoms with Gasteiger partial charge in [-0.3, -0.25) is 9.59 Å². The molecule has 0 aliphatic carbocycles. The molecule has 0 spiro atoms. The molecule has 1 aliphatic heterocycles. The smallest absolute Gasteiger partial charge is 0.282 e. The molecule has 2 amide bonds. The molecule has 174 valence electrons. The molecule has 0 fully saturated rings. The molecule has 3 aromatic carbocycles. The van der Waals surface area contributed by atoms with Crippen molar-refractivity contribution < 1.29 is 19.1 Å². The summed E-state index contributed by atoms with van der Waals surface area (Å²) >= 11 is 0. The number of nitrogens with zero attached hydrogens (tertiary/aromatic N) is 1. The number of amides is 2. The third-order valence-corrected chi connectivity index (χ3v) is 5.43. The van der Waals surface area contributed by atoms with E-state index in [0.29, 0.717) is 41.5 Å². The minimum absolute atomic E-state index is 0.225. The van der Waals surface area contributed by atoms with Gasteiger partial charge in [0.15, 0.2) is 0 Å². The van der Waals surface area contributed by atoms with E-state index in [4.69, 9.17) is 9.47 Å². The molecule has 0 atom stereocenters. The predicted molar refractivity (Wildman–Crippen MR) is 134 cm³/mol. The molecule has 3 aromatic rings. The highest BCUT2D eigenvalue weighted by Crippen LogP contribution is 2.38. The van der Waals surface area contributed by atoms with Gasteiger partial charge in [0.05, 0.1) is 24.5 Å². The number of rotatable bonds is 9. The molecule has 0 radical (unpaired) electrons. The molecule has 1 aliphatic rings. The van der Waals surface area contributed by atoms with Gasteiger partial charge in [-0.25, -0.2) is 4.90 Å². The number of ether oxygens (including phenoxy) is 2. The van der Waals surface area contributed by atoms with Crippen molar-refractivity contribution in [2.24, 2.45) is 0 Å². The molecule has 1 heterocycles. The number of nitrogens with one attached hydrogen (secondary N) is 1. The quantitative estimate of drug-likeness (QED) is 0.426. The van der Waals surface area contributed by atoms with Crippen molar-refractivity contribution in [3.05, 3.63) is 89.6 Å². The second-order valence-corrected chi connectivity index (χ2v) is 7.96. The Bertz CT molecular complexity index is 1210. The van der Waals surface area contributed by atoms with E-state index in [1.165, 1.54) is 4.90 Å². The van der Waals surface area contributed by atoms with Gasteiger partial charge in [0.25, 0.3) is 11.8 Å². The number of carbonyl (C=O) groups is 2. The highest BCUT2D eigenvalue weighted by molar-refractivity contribution is 6.46. The minimum Gasteiger partial charge on any atom is -0.494 e. The Labute approximate surface area is 199 Å². The molecule has 4 rings (SSSR count). The average molecular weight is 457 g/mol. The van der Waals surface area contributed by atoms with E-state index < -0.39 is 11.8 Å². The fraction of sp³-hybridized carbons (Fsp3) is 0.214. The van der Waals surface area contributed by atoms with E-state index in [2.05, 4.69) is 5.32 Å². The molecule has 0 aromatic heterocycles. The fourth-order valence-corrected chi connectivity index (χ4v) is 3.77. The third kappa shape index (κ3) is 4.66. The molecule has 0 saturated heterocycles. The highest BCUT2D eigenvalue weighted by atomic mass is 16.5. The zero-order valence-corrected chi connectivity index (χ0v) is 19.6. The Morgan fingerprint density at radius 3 is 2.21 bits per heavy atom. The number of carbonyl (C=O) groups excluding carboxylic acids is 2. The Kier molecular flexibility index (Phi) is 6.97. The Morgan fingerprint density at radius 2 is 1.53 bits per heavy atom. The fourth-order valence-electron chi connectivity index (χ4n) is 3.77. The van der Waals surface area contributed by atoms with Crippen LogP contribution in [-0.2, 0) is 9.59 Å². The van der Waals surface area contributed by atoms with Gasteiger partial charge in [-0.1, -0.05) is 48.9 Å². The molecule has 0 saturated carbocycles. The third-order valence-electron chi connectivity index (χ3n) is 5.43. The van der Waals surface area contributed by atoms with Gasteiger partial charge in [-0.15, -0.1) is 0 Å². The van der Waals surface area contributed by atoms with E-state index in [1.807, 2.05) is 75.4 Å². The van der Waals surface area contributed by atoms with Crippen molar-refractivity contribution in [1.29, 1.82) is 0 Å². The average Bonchev–Trinajstić information content (AvgIpc) is 3.09. The molecular weight excluding hydrogens is 428 g/mol. The first-order valence-electron chi connectivity index (χ1n) is 11.4. The molecule has 6 heteroatoms. The Hall–Kier alpha value is -4.06. The topological polar surface area (TPSA) is 67.9 Å². The largest absolute Gasteiger partial charge is 0.494 e. The van der Waals surface area contributed by atoms with Gasteiger partial charge in [0, 0.05) is 5.69 Å². The van der Waals surface area contributed by atoms with Crippen molar-refractivity contribution in [3.8, 4) is 11.5 Å². The van der Waals surface area contributed by atoms with E-state index in [1.54, 1.807) is 18.2 Å². The lowest BCUT2D eigenvalue weighted by atomic mass is 10.0. The van der Waals surface area contributed by atoms with Crippen molar-refractivity contribution >= 4 is 28.8 Å². The highest BCUT2D eigenvalue weighted by Gasteiger charge is 2.41. The predicted octanol–water partition coefficient (Wildman–Crippen LogP) is 5.58. The van der Waals surface area contributed by atoms with Crippen LogP contribution in [0.2, 0.25) is 0 Å². The SMILES string of the molecule is CCCOc1ccccc1N1C(=O)C(Nc2ccc(OCC)cc2)=C(c2ccc(C)cc2)C1=O. The van der Waals surface area contributed by atoms with Crippen LogP contribution in [0.15, 0.2) is 78.5 Å². The maximum atomic E-state index is 13.7. The Morgan fingerprint density at radius 1 is 0.824 bits per heavy atom. The lowest BCUT2D eigenvalue weighted by Gasteiger charge is -2.19. The minimum atomic E-state index is -0.429. The van der Waals surface area contributed by atoms with E-state index in [9.17, 15) is 9.59 Å². The van der Waals surface area contributed by atoms with Crippen molar-refractivity contribution in [1.82, 2.24) is 0 Å². The first-order valence-corrected chi connectivity index (χ1v) is 11.4. The first kappa shape index (κ1) is 23.1. The molecule has 1 N–H and O–H groups in total. The van der Waals surface area contributed by atoms with Crippen molar-refractivity contribution in [2.45, 2.75) is 27.2 Å². The first-order chi connectivity index (χ1) is 16.5. The van der Waals surface area contributed by atoms with Crippen LogP contribution in [0, 0.1) is 6.92 Å². The van der Waals surface area contributed by atoms with Crippen LogP contribution in [0.5, 0.6) is 11.5 Å².